The summed E-state index contributed by atoms with van der Waals surface area (Å²) in [6.45, 7) is 4.98. The molecule has 2 N–H and O–H groups in total. The Kier molecular flexibility index (Phi) is 10.0. The molecule has 2 aromatic heterocycles. The van der Waals surface area contributed by atoms with Gasteiger partial charge in [-0.3, -0.25) is 9.59 Å². The summed E-state index contributed by atoms with van der Waals surface area (Å²) in [6.07, 6.45) is 3.35. The molecular weight excluding hydrogens is 609 g/mol. The van der Waals surface area contributed by atoms with E-state index in [1.807, 2.05) is 41.3 Å². The minimum absolute atomic E-state index is 0.104. The zero-order valence-electron chi connectivity index (χ0n) is 26.5. The summed E-state index contributed by atoms with van der Waals surface area (Å²) in [7, 11) is 0. The highest BCUT2D eigenvalue weighted by molar-refractivity contribution is 7.99. The molecule has 3 heterocycles. The van der Waals surface area contributed by atoms with Gasteiger partial charge in [0.1, 0.15) is 16.8 Å². The van der Waals surface area contributed by atoms with E-state index in [0.717, 1.165) is 23.7 Å². The predicted molar refractivity (Wildman–Crippen MR) is 184 cm³/mol. The third-order valence-electron chi connectivity index (χ3n) is 8.71. The van der Waals surface area contributed by atoms with E-state index in [9.17, 15) is 14.4 Å². The van der Waals surface area contributed by atoms with Crippen molar-refractivity contribution in [1.82, 2.24) is 20.2 Å². The molecule has 240 valence electrons. The van der Waals surface area contributed by atoms with E-state index in [2.05, 4.69) is 63.8 Å². The normalized spacial score (nSPS) is 14.2. The lowest BCUT2D eigenvalue weighted by atomic mass is 9.76. The molecule has 0 radical (unpaired) electrons. The molecule has 5 aromatic rings. The molecule has 1 aliphatic heterocycles. The van der Waals surface area contributed by atoms with Crippen LogP contribution in [0, 0.1) is 5.92 Å². The fourth-order valence-electron chi connectivity index (χ4n) is 6.43. The fourth-order valence-corrected chi connectivity index (χ4v) is 7.53. The summed E-state index contributed by atoms with van der Waals surface area (Å²) >= 11 is 1.22. The number of hydrogen-bond acceptors (Lipinski definition) is 6. The first-order valence-corrected chi connectivity index (χ1v) is 16.9. The number of H-pyrrole nitrogens is 1. The highest BCUT2D eigenvalue weighted by Crippen LogP contribution is 2.39. The molecule has 3 aromatic carbocycles. The second kappa shape index (κ2) is 14.7. The lowest BCUT2D eigenvalue weighted by Crippen LogP contribution is -2.49. The second-order valence-corrected chi connectivity index (χ2v) is 12.7. The molecule has 8 nitrogen and oxygen atoms in total. The molecule has 1 aliphatic rings. The molecular formula is C38H38N4O4S. The van der Waals surface area contributed by atoms with Gasteiger partial charge in [0.05, 0.1) is 17.1 Å². The van der Waals surface area contributed by atoms with Gasteiger partial charge >= 0.3 is 5.97 Å². The van der Waals surface area contributed by atoms with E-state index >= 15 is 0 Å². The Morgan fingerprint density at radius 2 is 1.55 bits per heavy atom. The number of ether oxygens (including phenoxy) is 1. The Morgan fingerprint density at radius 3 is 2.21 bits per heavy atom. The molecule has 1 saturated heterocycles. The predicted octanol–water partition coefficient (Wildman–Crippen LogP) is 7.08. The van der Waals surface area contributed by atoms with Gasteiger partial charge in [-0.05, 0) is 61.9 Å². The Bertz CT molecular complexity index is 1810. The molecule has 1 fully saturated rings. The lowest BCUT2D eigenvalue weighted by Gasteiger charge is -2.37. The van der Waals surface area contributed by atoms with Gasteiger partial charge in [-0.1, -0.05) is 90.6 Å². The van der Waals surface area contributed by atoms with Crippen LogP contribution < -0.4 is 5.32 Å². The van der Waals surface area contributed by atoms with Crippen LogP contribution >= 0.6 is 11.8 Å². The zero-order chi connectivity index (χ0) is 32.8. The molecule has 0 saturated carbocycles. The van der Waals surface area contributed by atoms with Crippen LogP contribution in [0.5, 0.6) is 0 Å². The number of pyridine rings is 1. The average Bonchev–Trinajstić information content (AvgIpc) is 3.48. The average molecular weight is 647 g/mol. The number of hydrogen-bond donors (Lipinski definition) is 2. The Labute approximate surface area is 278 Å². The number of nitrogens with one attached hydrogen (secondary N) is 2. The van der Waals surface area contributed by atoms with Crippen molar-refractivity contribution in [1.29, 1.82) is 0 Å². The first-order valence-electron chi connectivity index (χ1n) is 16.0. The van der Waals surface area contributed by atoms with E-state index in [1.165, 1.54) is 22.9 Å². The van der Waals surface area contributed by atoms with Gasteiger partial charge in [-0.25, -0.2) is 9.78 Å². The van der Waals surface area contributed by atoms with Crippen molar-refractivity contribution in [2.75, 3.05) is 19.7 Å². The molecule has 0 spiro atoms. The first kappa shape index (κ1) is 32.1. The number of para-hydroxylation sites is 1. The van der Waals surface area contributed by atoms with Gasteiger partial charge in [0.25, 0.3) is 5.91 Å². The summed E-state index contributed by atoms with van der Waals surface area (Å²) in [5, 5.41) is 4.18. The van der Waals surface area contributed by atoms with Gasteiger partial charge < -0.3 is 19.9 Å². The number of esters is 1. The number of amides is 2. The van der Waals surface area contributed by atoms with Crippen LogP contribution in [0.1, 0.15) is 64.6 Å². The number of carbonyl (C=O) groups is 3. The number of carbonyl (C=O) groups excluding carboxylic acids is 3. The third kappa shape index (κ3) is 7.10. The standard InChI is InChI=1S/C38H38N4O4S/c1-3-46-38(45)30-18-12-22-39-36(30)47-34-29-17-10-11-19-31(29)41-33(34)35(43)40-25(2)37(44)42-23-20-28(21-24-42)32(26-13-6-4-7-14-26)27-15-8-5-9-16-27/h4-19,22,25,28,32,41H,3,20-21,23-24H2,1-2H3,(H,40,43)/t25-/m1/s1. The Balaban J connectivity index is 1.16. The van der Waals surface area contributed by atoms with Crippen LogP contribution in [0.2, 0.25) is 0 Å². The number of aromatic amines is 1. The molecule has 47 heavy (non-hydrogen) atoms. The van der Waals surface area contributed by atoms with E-state index < -0.39 is 17.9 Å². The van der Waals surface area contributed by atoms with E-state index in [0.29, 0.717) is 40.2 Å². The van der Waals surface area contributed by atoms with Crippen molar-refractivity contribution in [3.8, 4) is 0 Å². The van der Waals surface area contributed by atoms with Crippen LogP contribution in [0.3, 0.4) is 0 Å². The van der Waals surface area contributed by atoms with E-state index in [-0.39, 0.29) is 18.4 Å². The number of rotatable bonds is 10. The second-order valence-electron chi connectivity index (χ2n) is 11.7. The minimum atomic E-state index is -0.729. The zero-order valence-corrected chi connectivity index (χ0v) is 27.3. The molecule has 1 atom stereocenters. The summed E-state index contributed by atoms with van der Waals surface area (Å²) in [5.41, 5.74) is 3.97. The summed E-state index contributed by atoms with van der Waals surface area (Å²) in [5.74, 6) is -0.330. The van der Waals surface area contributed by atoms with Crippen molar-refractivity contribution in [3.05, 3.63) is 126 Å². The van der Waals surface area contributed by atoms with Gasteiger partial charge in [-0.15, -0.1) is 0 Å². The van der Waals surface area contributed by atoms with Crippen molar-refractivity contribution in [2.24, 2.45) is 5.92 Å². The molecule has 0 unspecified atom stereocenters. The number of nitrogens with zero attached hydrogens (tertiary/aromatic N) is 2. The first-order chi connectivity index (χ1) is 22.9. The molecule has 9 heteroatoms. The van der Waals surface area contributed by atoms with E-state index in [4.69, 9.17) is 4.74 Å². The maximum atomic E-state index is 13.8. The van der Waals surface area contributed by atoms with Crippen LogP contribution in [0.4, 0.5) is 0 Å². The molecule has 0 aliphatic carbocycles. The number of likely N-dealkylation sites (tertiary alicyclic amines) is 1. The van der Waals surface area contributed by atoms with Crippen LogP contribution in [-0.4, -0.2) is 58.4 Å². The van der Waals surface area contributed by atoms with Crippen molar-refractivity contribution in [2.45, 2.75) is 48.6 Å². The minimum Gasteiger partial charge on any atom is -0.462 e. The van der Waals surface area contributed by atoms with Gasteiger partial charge in [0.15, 0.2) is 0 Å². The fraction of sp³-hybridized carbons (Fsp3) is 0.263. The van der Waals surface area contributed by atoms with Gasteiger partial charge in [0.2, 0.25) is 5.91 Å². The quantitative estimate of drug-likeness (QED) is 0.157. The Morgan fingerprint density at radius 1 is 0.915 bits per heavy atom. The van der Waals surface area contributed by atoms with Crippen molar-refractivity contribution in [3.63, 3.8) is 0 Å². The van der Waals surface area contributed by atoms with Crippen molar-refractivity contribution >= 4 is 40.4 Å². The number of benzene rings is 3. The Hall–Kier alpha value is -4.89. The van der Waals surface area contributed by atoms with Gasteiger partial charge in [-0.2, -0.15) is 0 Å². The maximum absolute atomic E-state index is 13.8. The highest BCUT2D eigenvalue weighted by atomic mass is 32.2. The smallest absolute Gasteiger partial charge is 0.340 e. The maximum Gasteiger partial charge on any atom is 0.340 e. The number of aromatic nitrogens is 2. The van der Waals surface area contributed by atoms with Crippen LogP contribution in [-0.2, 0) is 9.53 Å². The molecule has 6 rings (SSSR count). The van der Waals surface area contributed by atoms with Gasteiger partial charge in [0, 0.05) is 36.1 Å². The van der Waals surface area contributed by atoms with E-state index in [1.54, 1.807) is 32.2 Å². The summed E-state index contributed by atoms with van der Waals surface area (Å²) in [6, 6.07) is 31.4. The van der Waals surface area contributed by atoms with Crippen molar-refractivity contribution < 1.29 is 19.1 Å². The third-order valence-corrected chi connectivity index (χ3v) is 9.86. The SMILES string of the molecule is CCOC(=O)c1cccnc1Sc1c(C(=O)N[C@H](C)C(=O)N2CCC(C(c3ccccc3)c3ccccc3)CC2)[nH]c2ccccc12. The summed E-state index contributed by atoms with van der Waals surface area (Å²) < 4.78 is 5.23. The topological polar surface area (TPSA) is 104 Å². The number of piperidine rings is 1. The largest absolute Gasteiger partial charge is 0.462 e. The number of fused-ring (bicyclic) bond motifs is 1. The molecule has 0 bridgehead atoms. The van der Waals surface area contributed by atoms with Crippen LogP contribution in [0.25, 0.3) is 10.9 Å². The summed E-state index contributed by atoms with van der Waals surface area (Å²) in [4.78, 5) is 50.2. The van der Waals surface area contributed by atoms with Crippen LogP contribution in [0.15, 0.2) is 113 Å². The lowest BCUT2D eigenvalue weighted by molar-refractivity contribution is -0.134. The molecule has 2 amide bonds. The highest BCUT2D eigenvalue weighted by Gasteiger charge is 2.33. The monoisotopic (exact) mass is 646 g/mol.